The van der Waals surface area contributed by atoms with E-state index in [1.165, 1.54) is 44.5 Å². The minimum atomic E-state index is -1.81. The van der Waals surface area contributed by atoms with Crippen molar-refractivity contribution in [3.8, 4) is 22.3 Å². The molecule has 0 N–H and O–H groups in total. The molecule has 4 heteroatoms. The Morgan fingerprint density at radius 3 is 1.08 bits per heavy atom. The molecule has 6 rings (SSSR count). The monoisotopic (exact) mass is 658 g/mol. The van der Waals surface area contributed by atoms with Gasteiger partial charge in [0.2, 0.25) is 0 Å². The Morgan fingerprint density at radius 1 is 0.447 bits per heavy atom. The smallest absolute Gasteiger partial charge is 0.0671 e. The maximum atomic E-state index is 3.71. The van der Waals surface area contributed by atoms with Gasteiger partial charge in [-0.05, 0) is 68.8 Å². The number of benzene rings is 4. The van der Waals surface area contributed by atoms with Crippen molar-refractivity contribution in [2.45, 2.75) is 64.7 Å². The zero-order valence-corrected chi connectivity index (χ0v) is 28.9. The fourth-order valence-electron chi connectivity index (χ4n) is 6.92. The summed E-state index contributed by atoms with van der Waals surface area (Å²) in [4.78, 5) is 0. The molecule has 0 bridgehead atoms. The van der Waals surface area contributed by atoms with Gasteiger partial charge in [0.05, 0.1) is 15.2 Å². The minimum Gasteiger partial charge on any atom is -0.0671 e. The van der Waals surface area contributed by atoms with Crippen LogP contribution in [-0.2, 0) is 10.8 Å². The second kappa shape index (κ2) is 8.39. The van der Waals surface area contributed by atoms with Crippen molar-refractivity contribution >= 4 is 57.4 Å². The van der Waals surface area contributed by atoms with E-state index in [4.69, 9.17) is 0 Å². The zero-order chi connectivity index (χ0) is 27.4. The maximum Gasteiger partial charge on any atom is 0.0791 e. The van der Waals surface area contributed by atoms with Crippen LogP contribution in [0.4, 0.5) is 0 Å². The highest BCUT2D eigenvalue weighted by Crippen LogP contribution is 2.50. The van der Waals surface area contributed by atoms with Crippen molar-refractivity contribution in [1.29, 1.82) is 0 Å². The van der Waals surface area contributed by atoms with Crippen molar-refractivity contribution in [2.24, 2.45) is 0 Å². The molecule has 0 saturated carbocycles. The Labute approximate surface area is 247 Å². The van der Waals surface area contributed by atoms with Gasteiger partial charge in [0.25, 0.3) is 0 Å². The molecule has 0 fully saturated rings. The van der Waals surface area contributed by atoms with Gasteiger partial charge in [-0.15, -0.1) is 0 Å². The first-order chi connectivity index (χ1) is 17.7. The van der Waals surface area contributed by atoms with Gasteiger partial charge >= 0.3 is 0 Å². The zero-order valence-electron chi connectivity index (χ0n) is 23.7. The van der Waals surface area contributed by atoms with Gasteiger partial charge in [-0.25, -0.2) is 0 Å². The highest BCUT2D eigenvalue weighted by atomic mass is 79.9. The van der Waals surface area contributed by atoms with Crippen LogP contribution in [-0.4, -0.2) is 15.2 Å². The normalized spacial score (nSPS) is 16.6. The lowest BCUT2D eigenvalue weighted by Crippen LogP contribution is -2.69. The predicted molar refractivity (Wildman–Crippen MR) is 178 cm³/mol. The number of halogens is 2. The third kappa shape index (κ3) is 3.56. The molecule has 38 heavy (non-hydrogen) atoms. The van der Waals surface area contributed by atoms with E-state index in [1.807, 2.05) is 0 Å². The molecule has 0 atom stereocenters. The van der Waals surface area contributed by atoms with Gasteiger partial charge < -0.3 is 0 Å². The van der Waals surface area contributed by atoms with Crippen LogP contribution in [0.25, 0.3) is 22.3 Å². The average Bonchev–Trinajstić information content (AvgIpc) is 3.22. The molecule has 0 aliphatic heterocycles. The predicted octanol–water partition coefficient (Wildman–Crippen LogP) is 9.43. The summed E-state index contributed by atoms with van der Waals surface area (Å²) in [5.74, 6) is 0. The molecule has 0 amide bonds. The molecular weight excluding hydrogens is 624 g/mol. The van der Waals surface area contributed by atoms with E-state index in [2.05, 4.69) is 159 Å². The molecule has 4 aromatic carbocycles. The number of rotatable bonds is 3. The number of hydrogen-bond acceptors (Lipinski definition) is 0. The molecule has 194 valence electrons. The largest absolute Gasteiger partial charge is 0.0791 e. The molecule has 0 unspecified atom stereocenters. The molecular formula is C34H36Br2Si2. The molecule has 0 nitrogen and oxygen atoms in total. The van der Waals surface area contributed by atoms with E-state index in [0.717, 1.165) is 8.95 Å². The standard InChI is InChI=1S/C34H36Br2Si2/c1-33(2)29-17-21(35)9-13-25(29)27-15-11-23(19-31(27)33)37(5,6)38(7,8)24-12-16-28-26-14-10-22(36)18-30(26)34(3,4)32(28)20-24/h9-20H,1-8H3. The molecule has 2 aliphatic carbocycles. The van der Waals surface area contributed by atoms with Crippen LogP contribution in [0.2, 0.25) is 26.2 Å². The Kier molecular flexibility index (Phi) is 5.85. The summed E-state index contributed by atoms with van der Waals surface area (Å²) in [6.07, 6.45) is 0. The van der Waals surface area contributed by atoms with Gasteiger partial charge in [-0.1, -0.05) is 145 Å². The fourth-order valence-corrected chi connectivity index (χ4v) is 16.4. The van der Waals surface area contributed by atoms with E-state index in [1.54, 1.807) is 10.4 Å². The molecule has 0 aromatic heterocycles. The van der Waals surface area contributed by atoms with Crippen molar-refractivity contribution in [2.75, 3.05) is 0 Å². The number of fused-ring (bicyclic) bond motifs is 6. The van der Waals surface area contributed by atoms with Crippen molar-refractivity contribution in [3.05, 3.63) is 104 Å². The first-order valence-corrected chi connectivity index (χ1v) is 22.2. The van der Waals surface area contributed by atoms with E-state index in [9.17, 15) is 0 Å². The SMILES string of the molecule is CC1(C)c2cc(Br)ccc2-c2ccc([Si](C)(C)[Si](C)(C)c3ccc4c(c3)C(C)(C)c3cc(Br)ccc3-4)cc21. The summed E-state index contributed by atoms with van der Waals surface area (Å²) in [6, 6.07) is 28.5. The second-order valence-corrected chi connectivity index (χ2v) is 30.4. The maximum absolute atomic E-state index is 3.71. The van der Waals surface area contributed by atoms with Crippen LogP contribution in [0.1, 0.15) is 49.9 Å². The lowest BCUT2D eigenvalue weighted by Gasteiger charge is -2.40. The third-order valence-electron chi connectivity index (χ3n) is 10.3. The Bertz CT molecular complexity index is 1520. The summed E-state index contributed by atoms with van der Waals surface area (Å²) >= 11 is 7.42. The average molecular weight is 661 g/mol. The van der Waals surface area contributed by atoms with Gasteiger partial charge in [-0.3, -0.25) is 0 Å². The van der Waals surface area contributed by atoms with Crippen LogP contribution in [0.15, 0.2) is 81.7 Å². The van der Waals surface area contributed by atoms with Crippen molar-refractivity contribution in [1.82, 2.24) is 0 Å². The van der Waals surface area contributed by atoms with Crippen LogP contribution in [0.5, 0.6) is 0 Å². The van der Waals surface area contributed by atoms with Crippen LogP contribution >= 0.6 is 31.9 Å². The lowest BCUT2D eigenvalue weighted by atomic mass is 9.82. The molecule has 0 radical (unpaired) electrons. The van der Waals surface area contributed by atoms with E-state index >= 15 is 0 Å². The highest BCUT2D eigenvalue weighted by Gasteiger charge is 2.46. The summed E-state index contributed by atoms with van der Waals surface area (Å²) in [5, 5.41) is 3.19. The summed E-state index contributed by atoms with van der Waals surface area (Å²) in [5.41, 5.74) is 11.5. The van der Waals surface area contributed by atoms with Gasteiger partial charge in [0, 0.05) is 19.8 Å². The van der Waals surface area contributed by atoms with Crippen LogP contribution in [0, 0.1) is 0 Å². The summed E-state index contributed by atoms with van der Waals surface area (Å²) < 4.78 is 2.32. The molecule has 0 heterocycles. The number of hydrogen-bond donors (Lipinski definition) is 0. The van der Waals surface area contributed by atoms with Crippen molar-refractivity contribution in [3.63, 3.8) is 0 Å². The van der Waals surface area contributed by atoms with Crippen molar-refractivity contribution < 1.29 is 0 Å². The van der Waals surface area contributed by atoms with Gasteiger partial charge in [0.1, 0.15) is 0 Å². The van der Waals surface area contributed by atoms with Gasteiger partial charge in [-0.2, -0.15) is 0 Å². The van der Waals surface area contributed by atoms with E-state index in [0.29, 0.717) is 0 Å². The highest BCUT2D eigenvalue weighted by molar-refractivity contribution is 9.10. The van der Waals surface area contributed by atoms with E-state index in [-0.39, 0.29) is 10.8 Å². The lowest BCUT2D eigenvalue weighted by molar-refractivity contribution is 0.660. The fraction of sp³-hybridized carbons (Fsp3) is 0.294. The Hall–Kier alpha value is -1.73. The minimum absolute atomic E-state index is 0.0122. The van der Waals surface area contributed by atoms with Crippen LogP contribution < -0.4 is 10.4 Å². The summed E-state index contributed by atoms with van der Waals surface area (Å²) in [6.45, 7) is 20.1. The molecule has 4 aromatic rings. The second-order valence-electron chi connectivity index (χ2n) is 13.4. The Balaban J connectivity index is 1.43. The topological polar surface area (TPSA) is 0 Å². The molecule has 0 saturated heterocycles. The molecule has 2 aliphatic rings. The van der Waals surface area contributed by atoms with Gasteiger partial charge in [0.15, 0.2) is 0 Å². The quantitative estimate of drug-likeness (QED) is 0.192. The summed E-state index contributed by atoms with van der Waals surface area (Å²) in [7, 11) is -3.63. The first-order valence-electron chi connectivity index (χ1n) is 13.6. The van der Waals surface area contributed by atoms with E-state index < -0.39 is 15.2 Å². The van der Waals surface area contributed by atoms with Crippen LogP contribution in [0.3, 0.4) is 0 Å². The molecule has 0 spiro atoms. The Morgan fingerprint density at radius 2 is 0.737 bits per heavy atom. The first kappa shape index (κ1) is 26.5. The third-order valence-corrected chi connectivity index (χ3v) is 29.0.